The highest BCUT2D eigenvalue weighted by Gasteiger charge is 2.19. The van der Waals surface area contributed by atoms with Gasteiger partial charge in [-0.25, -0.2) is 9.38 Å². The topological polar surface area (TPSA) is 84.0 Å². The average Bonchev–Trinajstić information content (AvgIpc) is 3.20. The number of carbonyl (C=O) groups excluding carboxylic acids is 1. The molecule has 1 aliphatic heterocycles. The zero-order valence-electron chi connectivity index (χ0n) is 20.0. The van der Waals surface area contributed by atoms with E-state index in [0.29, 0.717) is 40.1 Å². The van der Waals surface area contributed by atoms with Gasteiger partial charge in [0.05, 0.1) is 29.0 Å². The van der Waals surface area contributed by atoms with Crippen LogP contribution in [0.5, 0.6) is 5.88 Å². The SMILES string of the molecule is CN1CCN(CC(=O)Nc2ccc(N=C(c3ccccc3)c3c(O)[nH]c4cc(F)ccc34)cc2)CC1. The Kier molecular flexibility index (Phi) is 6.79. The number of carbonyl (C=O) groups is 1. The summed E-state index contributed by atoms with van der Waals surface area (Å²) in [6.07, 6.45) is 0. The molecule has 3 aromatic carbocycles. The lowest BCUT2D eigenvalue weighted by Gasteiger charge is -2.31. The Hall–Kier alpha value is -4.01. The van der Waals surface area contributed by atoms with E-state index in [1.165, 1.54) is 12.1 Å². The minimum Gasteiger partial charge on any atom is -0.494 e. The molecule has 0 aliphatic carbocycles. The maximum Gasteiger partial charge on any atom is 0.238 e. The summed E-state index contributed by atoms with van der Waals surface area (Å²) in [7, 11) is 2.09. The van der Waals surface area contributed by atoms with Crippen molar-refractivity contribution < 1.29 is 14.3 Å². The molecule has 0 bridgehead atoms. The Bertz CT molecular complexity index is 1390. The number of hydrogen-bond acceptors (Lipinski definition) is 5. The summed E-state index contributed by atoms with van der Waals surface area (Å²) in [6, 6.07) is 21.1. The van der Waals surface area contributed by atoms with Gasteiger partial charge in [0.2, 0.25) is 5.91 Å². The molecule has 1 aromatic heterocycles. The summed E-state index contributed by atoms with van der Waals surface area (Å²) >= 11 is 0. The lowest BCUT2D eigenvalue weighted by Crippen LogP contribution is -2.47. The minimum absolute atomic E-state index is 0.0447. The molecule has 0 atom stereocenters. The van der Waals surface area contributed by atoms with E-state index < -0.39 is 5.82 Å². The number of nitrogens with zero attached hydrogens (tertiary/aromatic N) is 3. The molecule has 0 saturated carbocycles. The van der Waals surface area contributed by atoms with Crippen LogP contribution in [0, 0.1) is 5.82 Å². The first-order chi connectivity index (χ1) is 17.5. The maximum atomic E-state index is 13.8. The molecule has 36 heavy (non-hydrogen) atoms. The van der Waals surface area contributed by atoms with E-state index in [-0.39, 0.29) is 11.8 Å². The number of aliphatic imine (C=N–C) groups is 1. The van der Waals surface area contributed by atoms with Crippen molar-refractivity contribution in [3.63, 3.8) is 0 Å². The molecular formula is C28H28FN5O2. The molecule has 8 heteroatoms. The van der Waals surface area contributed by atoms with Crippen LogP contribution < -0.4 is 5.32 Å². The van der Waals surface area contributed by atoms with Gasteiger partial charge in [0.15, 0.2) is 5.88 Å². The van der Waals surface area contributed by atoms with Gasteiger partial charge in [0.25, 0.3) is 0 Å². The number of rotatable bonds is 6. The maximum absolute atomic E-state index is 13.8. The van der Waals surface area contributed by atoms with Gasteiger partial charge in [-0.2, -0.15) is 0 Å². The summed E-state index contributed by atoms with van der Waals surface area (Å²) in [6.45, 7) is 4.06. The zero-order chi connectivity index (χ0) is 25.1. The highest BCUT2D eigenvalue weighted by molar-refractivity contribution is 6.21. The number of piperazine rings is 1. The fourth-order valence-corrected chi connectivity index (χ4v) is 4.41. The number of benzene rings is 3. The van der Waals surface area contributed by atoms with Crippen molar-refractivity contribution in [2.75, 3.05) is 45.1 Å². The molecule has 1 fully saturated rings. The second-order valence-corrected chi connectivity index (χ2v) is 9.04. The van der Waals surface area contributed by atoms with Crippen LogP contribution in [0.25, 0.3) is 10.9 Å². The molecule has 2 heterocycles. The Labute approximate surface area is 208 Å². The number of fused-ring (bicyclic) bond motifs is 1. The van der Waals surface area contributed by atoms with Crippen LogP contribution in [-0.4, -0.2) is 71.3 Å². The summed E-state index contributed by atoms with van der Waals surface area (Å²) in [5, 5.41) is 14.3. The second kappa shape index (κ2) is 10.3. The summed E-state index contributed by atoms with van der Waals surface area (Å²) in [5.41, 5.74) is 3.70. The summed E-state index contributed by atoms with van der Waals surface area (Å²) in [5.74, 6) is -0.513. The summed E-state index contributed by atoms with van der Waals surface area (Å²) < 4.78 is 13.8. The van der Waals surface area contributed by atoms with Crippen LogP contribution >= 0.6 is 0 Å². The van der Waals surface area contributed by atoms with E-state index >= 15 is 0 Å². The quantitative estimate of drug-likeness (QED) is 0.354. The van der Waals surface area contributed by atoms with Gasteiger partial charge < -0.3 is 20.3 Å². The first-order valence-electron chi connectivity index (χ1n) is 11.9. The number of aromatic nitrogens is 1. The van der Waals surface area contributed by atoms with Crippen molar-refractivity contribution in [2.45, 2.75) is 0 Å². The lowest BCUT2D eigenvalue weighted by atomic mass is 10.0. The fraction of sp³-hybridized carbons (Fsp3) is 0.214. The van der Waals surface area contributed by atoms with Crippen molar-refractivity contribution in [2.24, 2.45) is 4.99 Å². The van der Waals surface area contributed by atoms with E-state index in [4.69, 9.17) is 4.99 Å². The molecule has 0 spiro atoms. The van der Waals surface area contributed by atoms with Crippen molar-refractivity contribution in [1.82, 2.24) is 14.8 Å². The molecule has 0 unspecified atom stereocenters. The van der Waals surface area contributed by atoms with Gasteiger partial charge in [-0.1, -0.05) is 30.3 Å². The normalized spacial score (nSPS) is 15.3. The van der Waals surface area contributed by atoms with Gasteiger partial charge in [-0.05, 0) is 49.5 Å². The highest BCUT2D eigenvalue weighted by atomic mass is 19.1. The number of amides is 1. The molecule has 0 radical (unpaired) electrons. The highest BCUT2D eigenvalue weighted by Crippen LogP contribution is 2.32. The molecule has 3 N–H and O–H groups in total. The predicted octanol–water partition coefficient (Wildman–Crippen LogP) is 4.37. The lowest BCUT2D eigenvalue weighted by molar-refractivity contribution is -0.117. The number of aromatic amines is 1. The first kappa shape index (κ1) is 23.7. The molecule has 1 saturated heterocycles. The van der Waals surface area contributed by atoms with E-state index in [0.717, 1.165) is 31.7 Å². The number of hydrogen-bond donors (Lipinski definition) is 3. The molecule has 1 amide bonds. The van der Waals surface area contributed by atoms with Gasteiger partial charge >= 0.3 is 0 Å². The smallest absolute Gasteiger partial charge is 0.238 e. The number of halogens is 1. The van der Waals surface area contributed by atoms with Crippen molar-refractivity contribution >= 4 is 33.9 Å². The average molecular weight is 486 g/mol. The third-order valence-electron chi connectivity index (χ3n) is 6.38. The van der Waals surface area contributed by atoms with Crippen LogP contribution in [0.15, 0.2) is 77.8 Å². The van der Waals surface area contributed by atoms with Crippen LogP contribution in [0.1, 0.15) is 11.1 Å². The van der Waals surface area contributed by atoms with E-state index in [9.17, 15) is 14.3 Å². The fourth-order valence-electron chi connectivity index (χ4n) is 4.41. The van der Waals surface area contributed by atoms with Crippen LogP contribution in [-0.2, 0) is 4.79 Å². The van der Waals surface area contributed by atoms with Crippen molar-refractivity contribution in [3.05, 3.63) is 89.7 Å². The number of H-pyrrole nitrogens is 1. The van der Waals surface area contributed by atoms with Crippen LogP contribution in [0.3, 0.4) is 0 Å². The number of nitrogens with one attached hydrogen (secondary N) is 2. The molecule has 184 valence electrons. The molecule has 5 rings (SSSR count). The third-order valence-corrected chi connectivity index (χ3v) is 6.38. The second-order valence-electron chi connectivity index (χ2n) is 9.04. The Balaban J connectivity index is 1.40. The first-order valence-corrected chi connectivity index (χ1v) is 11.9. The molecule has 4 aromatic rings. The van der Waals surface area contributed by atoms with Gasteiger partial charge in [-0.15, -0.1) is 0 Å². The predicted molar refractivity (Wildman–Crippen MR) is 141 cm³/mol. The van der Waals surface area contributed by atoms with E-state index in [1.807, 2.05) is 54.6 Å². The van der Waals surface area contributed by atoms with Crippen LogP contribution in [0.4, 0.5) is 15.8 Å². The van der Waals surface area contributed by atoms with E-state index in [2.05, 4.69) is 27.1 Å². The monoisotopic (exact) mass is 485 g/mol. The number of anilines is 1. The van der Waals surface area contributed by atoms with Crippen LogP contribution in [0.2, 0.25) is 0 Å². The van der Waals surface area contributed by atoms with E-state index in [1.54, 1.807) is 6.07 Å². The summed E-state index contributed by atoms with van der Waals surface area (Å²) in [4.78, 5) is 24.6. The number of likely N-dealkylation sites (N-methyl/N-ethyl adjacent to an activating group) is 1. The van der Waals surface area contributed by atoms with Gasteiger partial charge in [0.1, 0.15) is 5.82 Å². The Morgan fingerprint density at radius 3 is 2.47 bits per heavy atom. The minimum atomic E-state index is -0.390. The zero-order valence-corrected chi connectivity index (χ0v) is 20.0. The Morgan fingerprint density at radius 2 is 1.75 bits per heavy atom. The standard InChI is InChI=1S/C28H28FN5O2/c1-33-13-15-34(16-14-33)18-25(35)30-21-8-10-22(11-9-21)31-27(19-5-3-2-4-6-19)26-23-12-7-20(29)17-24(23)32-28(26)36/h2-12,17,32,36H,13-16,18H2,1H3,(H,30,35). The molecule has 1 aliphatic rings. The van der Waals surface area contributed by atoms with Gasteiger partial charge in [0, 0.05) is 42.8 Å². The molecule has 7 nitrogen and oxygen atoms in total. The number of aromatic hydroxyl groups is 1. The molecular weight excluding hydrogens is 457 g/mol. The Morgan fingerprint density at radius 1 is 1.03 bits per heavy atom. The largest absolute Gasteiger partial charge is 0.494 e. The third kappa shape index (κ3) is 5.30. The van der Waals surface area contributed by atoms with Gasteiger partial charge in [-0.3, -0.25) is 9.69 Å². The van der Waals surface area contributed by atoms with Crippen molar-refractivity contribution in [1.29, 1.82) is 0 Å². The van der Waals surface area contributed by atoms with Crippen molar-refractivity contribution in [3.8, 4) is 5.88 Å².